The number of sulfone groups is 1. The number of aromatic nitrogens is 2. The van der Waals surface area contributed by atoms with E-state index in [1.54, 1.807) is 6.92 Å². The molecule has 1 saturated heterocycles. The minimum atomic E-state index is -4.91. The number of aliphatic hydroxyl groups is 3. The van der Waals surface area contributed by atoms with Crippen molar-refractivity contribution < 1.29 is 42.8 Å². The van der Waals surface area contributed by atoms with Crippen molar-refractivity contribution in [3.63, 3.8) is 0 Å². The molecule has 5 atom stereocenters. The number of nitrogens with zero attached hydrogens (tertiary/aromatic N) is 4. The Kier molecular flexibility index (Phi) is 8.21. The van der Waals surface area contributed by atoms with Crippen molar-refractivity contribution in [2.75, 3.05) is 21.6 Å². The first-order chi connectivity index (χ1) is 19.7. The highest BCUT2D eigenvalue weighted by atomic mass is 32.2. The Morgan fingerprint density at radius 3 is 2.62 bits per heavy atom. The smallest absolute Gasteiger partial charge is 0.340 e. The van der Waals surface area contributed by atoms with Crippen LogP contribution in [0.15, 0.2) is 29.4 Å². The third kappa shape index (κ3) is 6.66. The molecule has 0 bridgehead atoms. The van der Waals surface area contributed by atoms with Gasteiger partial charge in [-0.3, -0.25) is 4.57 Å². The van der Waals surface area contributed by atoms with Crippen molar-refractivity contribution in [1.29, 1.82) is 0 Å². The van der Waals surface area contributed by atoms with E-state index in [0.29, 0.717) is 24.2 Å². The molecule has 0 spiro atoms. The van der Waals surface area contributed by atoms with Crippen LogP contribution in [0, 0.1) is 18.8 Å². The van der Waals surface area contributed by atoms with Gasteiger partial charge in [-0.25, -0.2) is 23.4 Å². The molecule has 16 heteroatoms. The molecule has 1 aromatic carbocycles. The fraction of sp³-hybridized carbons (Fsp3) is 0.500. The van der Waals surface area contributed by atoms with Crippen molar-refractivity contribution >= 4 is 35.8 Å². The molecule has 2 aromatic rings. The summed E-state index contributed by atoms with van der Waals surface area (Å²) in [6, 6.07) is 7.95. The minimum Gasteiger partial charge on any atom is -0.387 e. The Bertz CT molecular complexity index is 1600. The van der Waals surface area contributed by atoms with Crippen molar-refractivity contribution in [2.24, 2.45) is 5.10 Å². The summed E-state index contributed by atoms with van der Waals surface area (Å²) in [6.07, 6.45) is -3.69. The van der Waals surface area contributed by atoms with Crippen LogP contribution in [0.2, 0.25) is 0 Å². The van der Waals surface area contributed by atoms with Gasteiger partial charge in [-0.2, -0.15) is 5.10 Å². The van der Waals surface area contributed by atoms with Crippen molar-refractivity contribution in [3.05, 3.63) is 46.8 Å². The summed E-state index contributed by atoms with van der Waals surface area (Å²) in [5.41, 5.74) is 0.250. The molecule has 5 rings (SSSR count). The Morgan fingerprint density at radius 1 is 1.24 bits per heavy atom. The number of hydrazone groups is 1. The van der Waals surface area contributed by atoms with Gasteiger partial charge in [0.25, 0.3) is 0 Å². The Balaban J connectivity index is 1.47. The van der Waals surface area contributed by atoms with Gasteiger partial charge < -0.3 is 35.2 Å². The van der Waals surface area contributed by atoms with Crippen molar-refractivity contribution in [2.45, 2.75) is 68.8 Å². The largest absolute Gasteiger partial charge is 0.387 e. The second-order valence-electron chi connectivity index (χ2n) is 10.8. The molecule has 6 N–H and O–H groups in total. The van der Waals surface area contributed by atoms with Gasteiger partial charge in [0.1, 0.15) is 29.7 Å². The lowest BCUT2D eigenvalue weighted by Crippen LogP contribution is -2.42. The molecule has 3 aliphatic rings. The molecule has 14 nitrogen and oxygen atoms in total. The number of rotatable bonds is 9. The van der Waals surface area contributed by atoms with Crippen LogP contribution >= 0.6 is 7.60 Å². The Morgan fingerprint density at radius 2 is 1.95 bits per heavy atom. The van der Waals surface area contributed by atoms with Gasteiger partial charge in [-0.15, -0.1) is 0 Å². The Hall–Kier alpha value is -2.93. The van der Waals surface area contributed by atoms with Gasteiger partial charge >= 0.3 is 7.60 Å². The van der Waals surface area contributed by atoms with Gasteiger partial charge in [-0.1, -0.05) is 30.2 Å². The number of hydrogen-bond donors (Lipinski definition) is 6. The molecule has 0 unspecified atom stereocenters. The quantitative estimate of drug-likeness (QED) is 0.0955. The number of fused-ring (bicyclic) bond motifs is 1. The van der Waals surface area contributed by atoms with Gasteiger partial charge in [0, 0.05) is 12.3 Å². The van der Waals surface area contributed by atoms with E-state index in [4.69, 9.17) is 14.5 Å². The second kappa shape index (κ2) is 11.3. The average molecular weight is 622 g/mol. The average Bonchev–Trinajstić information content (AvgIpc) is 3.42. The molecule has 1 saturated carbocycles. The highest BCUT2D eigenvalue weighted by Gasteiger charge is 2.48. The van der Waals surface area contributed by atoms with E-state index >= 15 is 0 Å². The summed E-state index contributed by atoms with van der Waals surface area (Å²) in [5.74, 6) is 5.13. The van der Waals surface area contributed by atoms with Gasteiger partial charge in [0.05, 0.1) is 11.8 Å². The third-order valence-electron chi connectivity index (χ3n) is 7.43. The zero-order chi connectivity index (χ0) is 30.4. The molecule has 0 radical (unpaired) electrons. The highest BCUT2D eigenvalue weighted by molar-refractivity contribution is 7.97. The third-order valence-corrected chi connectivity index (χ3v) is 11.2. The number of anilines is 2. The number of nitrogens with one attached hydrogen (secondary N) is 1. The number of ether oxygens (including phenoxy) is 1. The van der Waals surface area contributed by atoms with E-state index in [9.17, 15) is 28.3 Å². The molecule has 2 heterocycles. The SMILES string of the molecule is C=NN(c1nc(C#CC2(O)CC2)nc(N[C@@H]2CCc3ccccc32)c1C)[C@@H]1O[C@H](CS(=O)(=O)CP(=O)(O)O)[C@@H](O)[C@H]1O. The van der Waals surface area contributed by atoms with Crippen molar-refractivity contribution in [3.8, 4) is 11.8 Å². The zero-order valence-electron chi connectivity index (χ0n) is 22.7. The lowest BCUT2D eigenvalue weighted by atomic mass is 10.1. The molecule has 0 amide bonds. The maximum atomic E-state index is 12.3. The summed E-state index contributed by atoms with van der Waals surface area (Å²) >= 11 is 0. The highest BCUT2D eigenvalue weighted by Crippen LogP contribution is 2.39. The fourth-order valence-corrected chi connectivity index (χ4v) is 8.36. The van der Waals surface area contributed by atoms with Crippen LogP contribution < -0.4 is 10.3 Å². The Labute approximate surface area is 242 Å². The minimum absolute atomic E-state index is 0.0344. The lowest BCUT2D eigenvalue weighted by Gasteiger charge is -2.28. The maximum Gasteiger partial charge on any atom is 0.340 e. The van der Waals surface area contributed by atoms with E-state index in [-0.39, 0.29) is 17.7 Å². The molecule has 42 heavy (non-hydrogen) atoms. The lowest BCUT2D eigenvalue weighted by molar-refractivity contribution is 0.0153. The molecule has 2 aliphatic carbocycles. The molecule has 1 aromatic heterocycles. The molecular formula is C26H32N5O9PS. The zero-order valence-corrected chi connectivity index (χ0v) is 24.4. The summed E-state index contributed by atoms with van der Waals surface area (Å²) in [4.78, 5) is 27.3. The first-order valence-electron chi connectivity index (χ1n) is 13.2. The monoisotopic (exact) mass is 621 g/mol. The topological polar surface area (TPSA) is 215 Å². The summed E-state index contributed by atoms with van der Waals surface area (Å²) in [7, 11) is -9.29. The maximum absolute atomic E-state index is 12.3. The number of benzene rings is 1. The van der Waals surface area contributed by atoms with E-state index in [0.717, 1.165) is 23.4 Å². The van der Waals surface area contributed by atoms with Crippen LogP contribution in [-0.4, -0.2) is 91.6 Å². The predicted octanol–water partition coefficient (Wildman–Crippen LogP) is 0.180. The standard InChI is InChI=1S/C26H32N5O9PS/c1-15-23(28-18-8-7-16-5-3-4-6-17(16)18)29-20(9-10-26(34)11-12-26)30-24(15)31(27-2)25-22(33)21(32)19(40-25)13-42(38,39)14-41(35,36)37/h3-6,18-19,21-22,25,32-34H,2,7-8,11-14H2,1H3,(H,28,29,30)(H2,35,36,37)/t18-,19-,21-,22-,25-/m1/s1. The summed E-state index contributed by atoms with van der Waals surface area (Å²) in [5, 5.41) is 40.1. The number of aryl methyl sites for hydroxylation is 1. The molecule has 2 fully saturated rings. The van der Waals surface area contributed by atoms with Crippen LogP contribution in [0.1, 0.15) is 47.8 Å². The van der Waals surface area contributed by atoms with E-state index < -0.39 is 58.8 Å². The van der Waals surface area contributed by atoms with Crippen molar-refractivity contribution in [1.82, 2.24) is 9.97 Å². The van der Waals surface area contributed by atoms with E-state index in [1.165, 1.54) is 5.56 Å². The summed E-state index contributed by atoms with van der Waals surface area (Å²) in [6.45, 7) is 5.24. The van der Waals surface area contributed by atoms with Crippen LogP contribution in [0.4, 0.5) is 11.6 Å². The summed E-state index contributed by atoms with van der Waals surface area (Å²) < 4.78 is 41.6. The predicted molar refractivity (Wildman–Crippen MR) is 152 cm³/mol. The normalized spacial score (nSPS) is 26.2. The first kappa shape index (κ1) is 30.5. The van der Waals surface area contributed by atoms with Crippen LogP contribution in [-0.2, 0) is 25.6 Å². The molecular weight excluding hydrogens is 589 g/mol. The number of hydrogen-bond acceptors (Lipinski definition) is 12. The van der Waals surface area contributed by atoms with Crippen LogP contribution in [0.5, 0.6) is 0 Å². The molecule has 1 aliphatic heterocycles. The van der Waals surface area contributed by atoms with Gasteiger partial charge in [0.2, 0.25) is 5.82 Å². The first-order valence-corrected chi connectivity index (χ1v) is 16.8. The van der Waals surface area contributed by atoms with Gasteiger partial charge in [0.15, 0.2) is 27.4 Å². The van der Waals surface area contributed by atoms with Crippen LogP contribution in [0.25, 0.3) is 0 Å². The fourth-order valence-electron chi connectivity index (χ4n) is 5.11. The molecule has 226 valence electrons. The van der Waals surface area contributed by atoms with E-state index in [1.807, 2.05) is 18.2 Å². The second-order valence-corrected chi connectivity index (χ2v) is 15.0. The van der Waals surface area contributed by atoms with Gasteiger partial charge in [-0.05, 0) is 49.7 Å². The van der Waals surface area contributed by atoms with Crippen LogP contribution in [0.3, 0.4) is 0 Å². The number of aliphatic hydroxyl groups excluding tert-OH is 2. The van der Waals surface area contributed by atoms with E-state index in [2.05, 4.69) is 45.0 Å².